The lowest BCUT2D eigenvalue weighted by Crippen LogP contribution is -2.37. The Morgan fingerprint density at radius 1 is 1.10 bits per heavy atom. The molecule has 0 bridgehead atoms. The van der Waals surface area contributed by atoms with Gasteiger partial charge in [-0.2, -0.15) is 0 Å². The molecule has 0 fully saturated rings. The maximum atomic E-state index is 12.7. The van der Waals surface area contributed by atoms with Crippen LogP contribution < -0.4 is 20.9 Å². The van der Waals surface area contributed by atoms with Crippen molar-refractivity contribution < 1.29 is 4.74 Å². The summed E-state index contributed by atoms with van der Waals surface area (Å²) in [6.45, 7) is 5.92. The lowest BCUT2D eigenvalue weighted by molar-refractivity contribution is 0.413. The predicted octanol–water partition coefficient (Wildman–Crippen LogP) is 3.62. The molecule has 1 aliphatic heterocycles. The molecule has 0 saturated carbocycles. The Morgan fingerprint density at radius 2 is 1.90 bits per heavy atom. The van der Waals surface area contributed by atoms with Gasteiger partial charge in [0.1, 0.15) is 5.75 Å². The molecule has 2 aromatic carbocycles. The molecule has 1 atom stereocenters. The maximum Gasteiger partial charge on any atom is 0.257 e. The normalized spacial score (nSPS) is 15.2. The van der Waals surface area contributed by atoms with Crippen LogP contribution in [0, 0.1) is 20.8 Å². The number of ether oxygens (including phenoxy) is 1. The molecule has 29 heavy (non-hydrogen) atoms. The fraction of sp³-hybridized carbons (Fsp3) is 0.227. The van der Waals surface area contributed by atoms with Gasteiger partial charge < -0.3 is 10.1 Å². The summed E-state index contributed by atoms with van der Waals surface area (Å²) in [4.78, 5) is 22.1. The van der Waals surface area contributed by atoms with Crippen LogP contribution >= 0.6 is 0 Å². The lowest BCUT2D eigenvalue weighted by atomic mass is 10.1. The quantitative estimate of drug-likeness (QED) is 0.715. The first-order valence-electron chi connectivity index (χ1n) is 9.38. The van der Waals surface area contributed by atoms with Gasteiger partial charge in [-0.3, -0.25) is 14.7 Å². The molecule has 3 aromatic rings. The number of aromatic nitrogens is 2. The maximum absolute atomic E-state index is 12.7. The number of nitrogens with one attached hydrogen (secondary N) is 2. The first-order valence-corrected chi connectivity index (χ1v) is 9.38. The number of guanidine groups is 1. The number of anilines is 2. The zero-order chi connectivity index (χ0) is 20.5. The average Bonchev–Trinajstić information content (AvgIpc) is 2.70. The van der Waals surface area contributed by atoms with Crippen molar-refractivity contribution in [2.75, 3.05) is 17.7 Å². The standard InChI is InChI=1S/C22H23N5O2/c1-13-7-5-10-18(15(13)3)24-21-25-20(16-8-6-9-17(12-16)29-4)27-19(28)11-14(2)23-22(27)26-21/h5-12,20H,1-4H3,(H2,23,24,25,26)/t20-/m1/s1. The van der Waals surface area contributed by atoms with Crippen LogP contribution in [0.25, 0.3) is 0 Å². The first-order chi connectivity index (χ1) is 14.0. The number of aliphatic imine (C=N–C) groups is 1. The molecule has 0 amide bonds. The van der Waals surface area contributed by atoms with E-state index in [1.165, 1.54) is 11.6 Å². The van der Waals surface area contributed by atoms with Crippen LogP contribution in [0.15, 0.2) is 58.3 Å². The predicted molar refractivity (Wildman–Crippen MR) is 115 cm³/mol. The van der Waals surface area contributed by atoms with Crippen molar-refractivity contribution in [2.24, 2.45) is 4.99 Å². The highest BCUT2D eigenvalue weighted by Crippen LogP contribution is 2.28. The zero-order valence-corrected chi connectivity index (χ0v) is 16.9. The molecule has 0 radical (unpaired) electrons. The first kappa shape index (κ1) is 18.7. The monoisotopic (exact) mass is 389 g/mol. The Balaban J connectivity index is 1.82. The minimum atomic E-state index is -0.561. The van der Waals surface area contributed by atoms with Crippen molar-refractivity contribution in [1.82, 2.24) is 9.55 Å². The van der Waals surface area contributed by atoms with Crippen LogP contribution in [0.5, 0.6) is 5.75 Å². The van der Waals surface area contributed by atoms with Crippen molar-refractivity contribution >= 4 is 17.6 Å². The molecule has 0 spiro atoms. The van der Waals surface area contributed by atoms with Crippen LogP contribution in [0.3, 0.4) is 0 Å². The molecule has 4 rings (SSSR count). The van der Waals surface area contributed by atoms with E-state index in [-0.39, 0.29) is 5.56 Å². The summed E-state index contributed by atoms with van der Waals surface area (Å²) in [6, 6.07) is 15.1. The SMILES string of the molecule is COc1cccc([C@@H]2N=C(Nc3cccc(C)c3C)Nc3nc(C)cc(=O)n32)c1. The number of hydrogen-bond acceptors (Lipinski definition) is 6. The Morgan fingerprint density at radius 3 is 2.69 bits per heavy atom. The van der Waals surface area contributed by atoms with Crippen molar-refractivity contribution in [1.29, 1.82) is 0 Å². The minimum Gasteiger partial charge on any atom is -0.497 e. The van der Waals surface area contributed by atoms with E-state index in [2.05, 4.69) is 35.5 Å². The van der Waals surface area contributed by atoms with Gasteiger partial charge in [-0.05, 0) is 50.1 Å². The summed E-state index contributed by atoms with van der Waals surface area (Å²) in [5.74, 6) is 1.68. The summed E-state index contributed by atoms with van der Waals surface area (Å²) in [6.07, 6.45) is -0.561. The molecule has 1 aromatic heterocycles. The van der Waals surface area contributed by atoms with Gasteiger partial charge in [-0.1, -0.05) is 24.3 Å². The molecule has 7 heteroatoms. The van der Waals surface area contributed by atoms with E-state index in [9.17, 15) is 4.79 Å². The molecule has 0 aliphatic carbocycles. The van der Waals surface area contributed by atoms with Gasteiger partial charge in [0, 0.05) is 23.0 Å². The number of aryl methyl sites for hydroxylation is 2. The summed E-state index contributed by atoms with van der Waals surface area (Å²) >= 11 is 0. The van der Waals surface area contributed by atoms with Gasteiger partial charge in [-0.15, -0.1) is 0 Å². The van der Waals surface area contributed by atoms with E-state index in [0.717, 1.165) is 16.8 Å². The van der Waals surface area contributed by atoms with Crippen molar-refractivity contribution in [3.63, 3.8) is 0 Å². The van der Waals surface area contributed by atoms with Gasteiger partial charge in [0.05, 0.1) is 7.11 Å². The number of rotatable bonds is 3. The van der Waals surface area contributed by atoms with Crippen molar-refractivity contribution in [3.8, 4) is 5.75 Å². The van der Waals surface area contributed by atoms with E-state index in [1.54, 1.807) is 18.6 Å². The van der Waals surface area contributed by atoms with E-state index in [4.69, 9.17) is 9.73 Å². The fourth-order valence-corrected chi connectivity index (χ4v) is 3.35. The molecule has 2 N–H and O–H groups in total. The third-order valence-electron chi connectivity index (χ3n) is 5.06. The van der Waals surface area contributed by atoms with Gasteiger partial charge in [0.2, 0.25) is 11.9 Å². The second-order valence-electron chi connectivity index (χ2n) is 7.05. The summed E-state index contributed by atoms with van der Waals surface area (Å²) in [7, 11) is 1.61. The largest absolute Gasteiger partial charge is 0.497 e. The molecule has 2 heterocycles. The molecule has 1 aliphatic rings. The van der Waals surface area contributed by atoms with Crippen LogP contribution in [0.4, 0.5) is 11.6 Å². The topological polar surface area (TPSA) is 80.5 Å². The van der Waals surface area contributed by atoms with Gasteiger partial charge in [0.25, 0.3) is 5.56 Å². The highest BCUT2D eigenvalue weighted by Gasteiger charge is 2.25. The summed E-state index contributed by atoms with van der Waals surface area (Å²) in [5.41, 5.74) is 4.58. The summed E-state index contributed by atoms with van der Waals surface area (Å²) in [5, 5.41) is 6.51. The van der Waals surface area contributed by atoms with Crippen molar-refractivity contribution in [3.05, 3.63) is 81.3 Å². The van der Waals surface area contributed by atoms with Gasteiger partial charge in [-0.25, -0.2) is 9.98 Å². The number of benzene rings is 2. The van der Waals surface area contributed by atoms with E-state index in [0.29, 0.717) is 23.4 Å². The summed E-state index contributed by atoms with van der Waals surface area (Å²) < 4.78 is 6.90. The van der Waals surface area contributed by atoms with Crippen LogP contribution in [-0.2, 0) is 0 Å². The molecule has 0 saturated heterocycles. The fourth-order valence-electron chi connectivity index (χ4n) is 3.35. The molecule has 0 unspecified atom stereocenters. The van der Waals surface area contributed by atoms with Crippen LogP contribution in [-0.4, -0.2) is 22.6 Å². The second-order valence-corrected chi connectivity index (χ2v) is 7.05. The highest BCUT2D eigenvalue weighted by molar-refractivity contribution is 6.04. The smallest absolute Gasteiger partial charge is 0.257 e. The van der Waals surface area contributed by atoms with Crippen LogP contribution in [0.1, 0.15) is 28.6 Å². The van der Waals surface area contributed by atoms with E-state index < -0.39 is 6.17 Å². The van der Waals surface area contributed by atoms with E-state index in [1.807, 2.05) is 36.4 Å². The Bertz CT molecular complexity index is 1170. The number of nitrogens with zero attached hydrogens (tertiary/aromatic N) is 3. The zero-order valence-electron chi connectivity index (χ0n) is 16.9. The Kier molecular flexibility index (Phi) is 4.80. The third-order valence-corrected chi connectivity index (χ3v) is 5.06. The molecular weight excluding hydrogens is 366 g/mol. The second kappa shape index (κ2) is 7.43. The number of methoxy groups -OCH3 is 1. The molecule has 148 valence electrons. The minimum absolute atomic E-state index is 0.164. The average molecular weight is 389 g/mol. The molecule has 7 nitrogen and oxygen atoms in total. The number of fused-ring (bicyclic) bond motifs is 1. The van der Waals surface area contributed by atoms with Crippen LogP contribution in [0.2, 0.25) is 0 Å². The Hall–Kier alpha value is -3.61. The van der Waals surface area contributed by atoms with E-state index >= 15 is 0 Å². The van der Waals surface area contributed by atoms with Crippen molar-refractivity contribution in [2.45, 2.75) is 26.9 Å². The van der Waals surface area contributed by atoms with Gasteiger partial charge in [0.15, 0.2) is 6.17 Å². The number of hydrogen-bond donors (Lipinski definition) is 2. The molecular formula is C22H23N5O2. The van der Waals surface area contributed by atoms with Gasteiger partial charge >= 0.3 is 0 Å². The Labute approximate surface area is 169 Å². The lowest BCUT2D eigenvalue weighted by Gasteiger charge is -2.27. The highest BCUT2D eigenvalue weighted by atomic mass is 16.5. The third kappa shape index (κ3) is 3.59.